The summed E-state index contributed by atoms with van der Waals surface area (Å²) in [5.41, 5.74) is 5.31. The number of rotatable bonds is 4. The Hall–Kier alpha value is -1.23. The lowest BCUT2D eigenvalue weighted by molar-refractivity contribution is 0.317. The van der Waals surface area contributed by atoms with Crippen LogP contribution in [0.4, 0.5) is 0 Å². The van der Waals surface area contributed by atoms with Crippen molar-refractivity contribution < 1.29 is 5.21 Å². The summed E-state index contributed by atoms with van der Waals surface area (Å²) in [7, 11) is 0. The average Bonchev–Trinajstić information content (AvgIpc) is 2.19. The molecule has 0 aliphatic carbocycles. The molecule has 0 amide bonds. The fourth-order valence-corrected chi connectivity index (χ4v) is 1.62. The van der Waals surface area contributed by atoms with E-state index in [1.165, 1.54) is 0 Å². The Labute approximate surface area is 80.9 Å². The number of oxime groups is 1. The summed E-state index contributed by atoms with van der Waals surface area (Å²) in [5.74, 6) is 1.07. The maximum Gasteiger partial charge on any atom is 0.139 e. The standard InChI is InChI=1S/C8H11N3OS/c9-8(11-12)3-6-13-7-1-4-10-5-2-7/h1-2,4-5,12H,3,6H2,(H2,9,11). The average molecular weight is 197 g/mol. The summed E-state index contributed by atoms with van der Waals surface area (Å²) in [6.07, 6.45) is 4.07. The number of nitrogens with two attached hydrogens (primary N) is 1. The summed E-state index contributed by atoms with van der Waals surface area (Å²) >= 11 is 1.65. The van der Waals surface area contributed by atoms with Gasteiger partial charge in [0.15, 0.2) is 0 Å². The van der Waals surface area contributed by atoms with Crippen LogP contribution in [0, 0.1) is 0 Å². The van der Waals surface area contributed by atoms with Crippen molar-refractivity contribution in [3.05, 3.63) is 24.5 Å². The molecule has 0 radical (unpaired) electrons. The molecule has 0 bridgehead atoms. The summed E-state index contributed by atoms with van der Waals surface area (Å²) in [5, 5.41) is 11.2. The number of amidine groups is 1. The molecular weight excluding hydrogens is 186 g/mol. The molecule has 1 heterocycles. The minimum Gasteiger partial charge on any atom is -0.409 e. The number of thioether (sulfide) groups is 1. The van der Waals surface area contributed by atoms with Crippen LogP contribution < -0.4 is 5.73 Å². The molecule has 4 nitrogen and oxygen atoms in total. The molecule has 0 aliphatic heterocycles. The minimum absolute atomic E-state index is 0.265. The van der Waals surface area contributed by atoms with Crippen molar-refractivity contribution in [1.29, 1.82) is 0 Å². The Kier molecular flexibility index (Phi) is 4.11. The number of aromatic nitrogens is 1. The van der Waals surface area contributed by atoms with Crippen LogP contribution in [0.2, 0.25) is 0 Å². The van der Waals surface area contributed by atoms with E-state index in [9.17, 15) is 0 Å². The smallest absolute Gasteiger partial charge is 0.139 e. The molecule has 0 aromatic carbocycles. The van der Waals surface area contributed by atoms with Crippen LogP contribution in [0.15, 0.2) is 34.6 Å². The highest BCUT2D eigenvalue weighted by Crippen LogP contribution is 2.16. The van der Waals surface area contributed by atoms with Crippen LogP contribution >= 0.6 is 11.8 Å². The molecule has 0 spiro atoms. The van der Waals surface area contributed by atoms with Crippen molar-refractivity contribution in [2.24, 2.45) is 10.9 Å². The van der Waals surface area contributed by atoms with E-state index in [2.05, 4.69) is 10.1 Å². The normalized spacial score (nSPS) is 11.5. The van der Waals surface area contributed by atoms with Crippen LogP contribution in [-0.4, -0.2) is 21.8 Å². The molecule has 0 aliphatic rings. The van der Waals surface area contributed by atoms with Crippen LogP contribution in [0.5, 0.6) is 0 Å². The van der Waals surface area contributed by atoms with E-state index >= 15 is 0 Å². The van der Waals surface area contributed by atoms with Gasteiger partial charge in [-0.15, -0.1) is 11.8 Å². The predicted molar refractivity (Wildman–Crippen MR) is 53.0 cm³/mol. The molecular formula is C8H11N3OS. The fourth-order valence-electron chi connectivity index (χ4n) is 0.758. The van der Waals surface area contributed by atoms with E-state index in [4.69, 9.17) is 10.9 Å². The Balaban J connectivity index is 2.28. The van der Waals surface area contributed by atoms with Gasteiger partial charge < -0.3 is 10.9 Å². The van der Waals surface area contributed by atoms with Gasteiger partial charge in [0.05, 0.1) is 0 Å². The molecule has 1 aromatic heterocycles. The van der Waals surface area contributed by atoms with Gasteiger partial charge in [-0.2, -0.15) is 0 Å². The fraction of sp³-hybridized carbons (Fsp3) is 0.250. The van der Waals surface area contributed by atoms with Gasteiger partial charge in [-0.25, -0.2) is 0 Å². The van der Waals surface area contributed by atoms with E-state index in [1.807, 2.05) is 12.1 Å². The van der Waals surface area contributed by atoms with Gasteiger partial charge in [-0.3, -0.25) is 4.98 Å². The summed E-state index contributed by atoms with van der Waals surface area (Å²) in [6, 6.07) is 3.86. The molecule has 3 N–H and O–H groups in total. The highest BCUT2D eigenvalue weighted by atomic mass is 32.2. The van der Waals surface area contributed by atoms with Crippen molar-refractivity contribution in [3.8, 4) is 0 Å². The highest BCUT2D eigenvalue weighted by molar-refractivity contribution is 7.99. The van der Waals surface area contributed by atoms with Gasteiger partial charge in [-0.1, -0.05) is 5.16 Å². The van der Waals surface area contributed by atoms with Crippen molar-refractivity contribution in [2.75, 3.05) is 5.75 Å². The largest absolute Gasteiger partial charge is 0.409 e. The van der Waals surface area contributed by atoms with Gasteiger partial charge in [0.25, 0.3) is 0 Å². The lowest BCUT2D eigenvalue weighted by Gasteiger charge is -1.99. The Morgan fingerprint density at radius 3 is 2.85 bits per heavy atom. The topological polar surface area (TPSA) is 71.5 Å². The molecule has 0 fully saturated rings. The van der Waals surface area contributed by atoms with E-state index in [0.29, 0.717) is 6.42 Å². The number of nitrogens with zero attached hydrogens (tertiary/aromatic N) is 2. The third-order valence-corrected chi connectivity index (χ3v) is 2.42. The molecule has 70 valence electrons. The molecule has 0 saturated heterocycles. The molecule has 1 rings (SSSR count). The zero-order valence-electron chi connectivity index (χ0n) is 7.05. The summed E-state index contributed by atoms with van der Waals surface area (Å²) < 4.78 is 0. The molecule has 0 unspecified atom stereocenters. The first-order valence-corrected chi connectivity index (χ1v) is 4.80. The van der Waals surface area contributed by atoms with Gasteiger partial charge in [0.2, 0.25) is 0 Å². The number of pyridine rings is 1. The predicted octanol–water partition coefficient (Wildman–Crippen LogP) is 1.31. The van der Waals surface area contributed by atoms with Crippen molar-refractivity contribution >= 4 is 17.6 Å². The van der Waals surface area contributed by atoms with E-state index in [1.54, 1.807) is 24.2 Å². The summed E-state index contributed by atoms with van der Waals surface area (Å²) in [6.45, 7) is 0. The van der Waals surface area contributed by atoms with Gasteiger partial charge in [-0.05, 0) is 12.1 Å². The van der Waals surface area contributed by atoms with E-state index in [0.717, 1.165) is 10.6 Å². The quantitative estimate of drug-likeness (QED) is 0.251. The van der Waals surface area contributed by atoms with Crippen LogP contribution in [-0.2, 0) is 0 Å². The monoisotopic (exact) mass is 197 g/mol. The number of hydrogen-bond donors (Lipinski definition) is 2. The first kappa shape index (κ1) is 9.85. The van der Waals surface area contributed by atoms with Gasteiger partial charge >= 0.3 is 0 Å². The Bertz CT molecular complexity index is 276. The Morgan fingerprint density at radius 2 is 2.23 bits per heavy atom. The van der Waals surface area contributed by atoms with Crippen LogP contribution in [0.1, 0.15) is 6.42 Å². The van der Waals surface area contributed by atoms with Crippen molar-refractivity contribution in [2.45, 2.75) is 11.3 Å². The van der Waals surface area contributed by atoms with Crippen molar-refractivity contribution in [3.63, 3.8) is 0 Å². The third kappa shape index (κ3) is 3.80. The van der Waals surface area contributed by atoms with Crippen molar-refractivity contribution in [1.82, 2.24) is 4.98 Å². The second kappa shape index (κ2) is 5.42. The maximum atomic E-state index is 8.28. The second-order valence-electron chi connectivity index (χ2n) is 2.37. The first-order chi connectivity index (χ1) is 6.33. The summed E-state index contributed by atoms with van der Waals surface area (Å²) in [4.78, 5) is 5.04. The molecule has 0 atom stereocenters. The Morgan fingerprint density at radius 1 is 1.54 bits per heavy atom. The van der Waals surface area contributed by atoms with Crippen LogP contribution in [0.3, 0.4) is 0 Å². The third-order valence-electron chi connectivity index (χ3n) is 1.41. The SMILES string of the molecule is NC(CCSc1ccncc1)=NO. The molecule has 1 aromatic rings. The maximum absolute atomic E-state index is 8.28. The lowest BCUT2D eigenvalue weighted by Crippen LogP contribution is -2.11. The lowest BCUT2D eigenvalue weighted by atomic mass is 10.5. The highest BCUT2D eigenvalue weighted by Gasteiger charge is 1.95. The van der Waals surface area contributed by atoms with E-state index in [-0.39, 0.29) is 5.84 Å². The zero-order valence-corrected chi connectivity index (χ0v) is 7.87. The minimum atomic E-state index is 0.265. The van der Waals surface area contributed by atoms with Crippen LogP contribution in [0.25, 0.3) is 0 Å². The number of hydrogen-bond acceptors (Lipinski definition) is 4. The molecule has 5 heteroatoms. The van der Waals surface area contributed by atoms with Gasteiger partial charge in [0.1, 0.15) is 5.84 Å². The molecule has 0 saturated carbocycles. The first-order valence-electron chi connectivity index (χ1n) is 3.82. The van der Waals surface area contributed by atoms with Gasteiger partial charge in [0, 0.05) is 29.5 Å². The zero-order chi connectivity index (χ0) is 9.52. The van der Waals surface area contributed by atoms with E-state index < -0.39 is 0 Å². The second-order valence-corrected chi connectivity index (χ2v) is 3.54. The molecule has 13 heavy (non-hydrogen) atoms.